The summed E-state index contributed by atoms with van der Waals surface area (Å²) in [6, 6.07) is 0. The van der Waals surface area contributed by atoms with E-state index in [2.05, 4.69) is 22.2 Å². The van der Waals surface area contributed by atoms with Gasteiger partial charge in [0.25, 0.3) is 5.91 Å². The van der Waals surface area contributed by atoms with Crippen molar-refractivity contribution in [3.63, 3.8) is 0 Å². The lowest BCUT2D eigenvalue weighted by Crippen LogP contribution is -2.39. The molecule has 1 aromatic rings. The lowest BCUT2D eigenvalue weighted by atomic mass is 9.82. The van der Waals surface area contributed by atoms with Gasteiger partial charge < -0.3 is 10.1 Å². The van der Waals surface area contributed by atoms with Crippen LogP contribution in [0.1, 0.15) is 30.3 Å². The minimum Gasteiger partial charge on any atom is -0.381 e. The van der Waals surface area contributed by atoms with E-state index in [1.165, 1.54) is 12.4 Å². The molecular weight excluding hydrogens is 254 g/mol. The largest absolute Gasteiger partial charge is 0.381 e. The van der Waals surface area contributed by atoms with Gasteiger partial charge in [0.15, 0.2) is 0 Å². The van der Waals surface area contributed by atoms with Crippen molar-refractivity contribution in [1.29, 1.82) is 0 Å². The summed E-state index contributed by atoms with van der Waals surface area (Å²) < 4.78 is 5.32. The molecule has 2 rings (SSSR count). The summed E-state index contributed by atoms with van der Waals surface area (Å²) in [5.74, 6) is -0.216. The van der Waals surface area contributed by atoms with Crippen LogP contribution in [0.3, 0.4) is 0 Å². The molecule has 1 amide bonds. The SMILES string of the molecule is CC1(CNC(=O)c2cnc(Cl)cn2)CCOCC1. The van der Waals surface area contributed by atoms with Crippen molar-refractivity contribution in [1.82, 2.24) is 15.3 Å². The quantitative estimate of drug-likeness (QED) is 0.907. The number of nitrogens with zero attached hydrogens (tertiary/aromatic N) is 2. The highest BCUT2D eigenvalue weighted by atomic mass is 35.5. The molecule has 2 heterocycles. The molecule has 0 radical (unpaired) electrons. The normalized spacial score (nSPS) is 18.3. The van der Waals surface area contributed by atoms with E-state index in [1.807, 2.05) is 0 Å². The average Bonchev–Trinajstić information content (AvgIpc) is 2.38. The second-order valence-corrected chi connectivity index (χ2v) is 5.22. The van der Waals surface area contributed by atoms with E-state index in [1.54, 1.807) is 0 Å². The van der Waals surface area contributed by atoms with E-state index in [0.29, 0.717) is 6.54 Å². The predicted molar refractivity (Wildman–Crippen MR) is 67.5 cm³/mol. The van der Waals surface area contributed by atoms with Crippen molar-refractivity contribution >= 4 is 17.5 Å². The van der Waals surface area contributed by atoms with Gasteiger partial charge in [-0.2, -0.15) is 0 Å². The van der Waals surface area contributed by atoms with Gasteiger partial charge in [0.1, 0.15) is 10.8 Å². The maximum atomic E-state index is 11.9. The van der Waals surface area contributed by atoms with E-state index in [4.69, 9.17) is 16.3 Å². The fraction of sp³-hybridized carbons (Fsp3) is 0.583. The molecule has 0 bridgehead atoms. The Hall–Kier alpha value is -1.20. The van der Waals surface area contributed by atoms with E-state index >= 15 is 0 Å². The summed E-state index contributed by atoms with van der Waals surface area (Å²) in [5.41, 5.74) is 0.392. The summed E-state index contributed by atoms with van der Waals surface area (Å²) in [7, 11) is 0. The Balaban J connectivity index is 1.89. The summed E-state index contributed by atoms with van der Waals surface area (Å²) in [6.07, 6.45) is 4.66. The average molecular weight is 270 g/mol. The van der Waals surface area contributed by atoms with Gasteiger partial charge in [0.2, 0.25) is 0 Å². The maximum Gasteiger partial charge on any atom is 0.271 e. The Morgan fingerprint density at radius 1 is 1.44 bits per heavy atom. The van der Waals surface area contributed by atoms with Crippen molar-refractivity contribution in [3.05, 3.63) is 23.2 Å². The van der Waals surface area contributed by atoms with Crippen molar-refractivity contribution in [2.75, 3.05) is 19.8 Å². The molecule has 1 N–H and O–H groups in total. The summed E-state index contributed by atoms with van der Waals surface area (Å²) in [6.45, 7) is 4.29. The number of hydrogen-bond donors (Lipinski definition) is 1. The molecular formula is C12H16ClN3O2. The topological polar surface area (TPSA) is 64.1 Å². The van der Waals surface area contributed by atoms with E-state index in [-0.39, 0.29) is 22.2 Å². The van der Waals surface area contributed by atoms with Gasteiger partial charge in [0.05, 0.1) is 12.4 Å². The zero-order valence-electron chi connectivity index (χ0n) is 10.3. The van der Waals surface area contributed by atoms with Crippen LogP contribution < -0.4 is 5.32 Å². The molecule has 1 aliphatic heterocycles. The highest BCUT2D eigenvalue weighted by Gasteiger charge is 2.27. The zero-order chi connectivity index (χ0) is 13.0. The third-order valence-corrected chi connectivity index (χ3v) is 3.42. The summed E-state index contributed by atoms with van der Waals surface area (Å²) in [4.78, 5) is 19.6. The maximum absolute atomic E-state index is 11.9. The van der Waals surface area contributed by atoms with Gasteiger partial charge in [-0.25, -0.2) is 9.97 Å². The van der Waals surface area contributed by atoms with Crippen LogP contribution in [-0.2, 0) is 4.74 Å². The number of ether oxygens (including phenoxy) is 1. The molecule has 6 heteroatoms. The van der Waals surface area contributed by atoms with Gasteiger partial charge in [-0.1, -0.05) is 18.5 Å². The molecule has 18 heavy (non-hydrogen) atoms. The molecule has 1 aromatic heterocycles. The molecule has 5 nitrogen and oxygen atoms in total. The summed E-state index contributed by atoms with van der Waals surface area (Å²) >= 11 is 5.62. The number of carbonyl (C=O) groups is 1. The molecule has 1 fully saturated rings. The minimum atomic E-state index is -0.216. The Morgan fingerprint density at radius 3 is 2.78 bits per heavy atom. The van der Waals surface area contributed by atoms with Crippen LogP contribution in [0.25, 0.3) is 0 Å². The molecule has 0 unspecified atom stereocenters. The summed E-state index contributed by atoms with van der Waals surface area (Å²) in [5, 5.41) is 3.17. The van der Waals surface area contributed by atoms with Crippen LogP contribution in [0.15, 0.2) is 12.4 Å². The molecule has 1 saturated heterocycles. The molecule has 0 saturated carbocycles. The van der Waals surface area contributed by atoms with Gasteiger partial charge in [-0.15, -0.1) is 0 Å². The monoisotopic (exact) mass is 269 g/mol. The van der Waals surface area contributed by atoms with E-state index in [9.17, 15) is 4.79 Å². The number of aromatic nitrogens is 2. The van der Waals surface area contributed by atoms with Crippen molar-refractivity contribution in [3.8, 4) is 0 Å². The van der Waals surface area contributed by atoms with Crippen molar-refractivity contribution in [2.24, 2.45) is 5.41 Å². The first-order valence-corrected chi connectivity index (χ1v) is 6.30. The first-order chi connectivity index (χ1) is 8.59. The van der Waals surface area contributed by atoms with Crippen molar-refractivity contribution < 1.29 is 9.53 Å². The Kier molecular flexibility index (Phi) is 4.14. The van der Waals surface area contributed by atoms with E-state index < -0.39 is 0 Å². The van der Waals surface area contributed by atoms with Gasteiger partial charge in [-0.05, 0) is 18.3 Å². The Morgan fingerprint density at radius 2 is 2.17 bits per heavy atom. The molecule has 0 aromatic carbocycles. The second kappa shape index (κ2) is 5.63. The fourth-order valence-corrected chi connectivity index (χ4v) is 1.95. The van der Waals surface area contributed by atoms with Crippen LogP contribution in [0.5, 0.6) is 0 Å². The zero-order valence-corrected chi connectivity index (χ0v) is 11.0. The van der Waals surface area contributed by atoms with Crippen LogP contribution >= 0.6 is 11.6 Å². The second-order valence-electron chi connectivity index (χ2n) is 4.83. The number of nitrogens with one attached hydrogen (secondary N) is 1. The number of hydrogen-bond acceptors (Lipinski definition) is 4. The minimum absolute atomic E-state index is 0.105. The Labute approximate surface area is 111 Å². The highest BCUT2D eigenvalue weighted by molar-refractivity contribution is 6.29. The molecule has 0 aliphatic carbocycles. The third-order valence-electron chi connectivity index (χ3n) is 3.23. The lowest BCUT2D eigenvalue weighted by Gasteiger charge is -2.33. The molecule has 0 atom stereocenters. The van der Waals surface area contributed by atoms with E-state index in [0.717, 1.165) is 26.1 Å². The van der Waals surface area contributed by atoms with Crippen LogP contribution in [-0.4, -0.2) is 35.6 Å². The van der Waals surface area contributed by atoms with Gasteiger partial charge in [-0.3, -0.25) is 4.79 Å². The molecule has 1 aliphatic rings. The van der Waals surface area contributed by atoms with Crippen molar-refractivity contribution in [2.45, 2.75) is 19.8 Å². The predicted octanol–water partition coefficient (Wildman–Crippen LogP) is 1.68. The smallest absolute Gasteiger partial charge is 0.271 e. The van der Waals surface area contributed by atoms with Gasteiger partial charge in [0, 0.05) is 19.8 Å². The number of carbonyl (C=O) groups excluding carboxylic acids is 1. The first-order valence-electron chi connectivity index (χ1n) is 5.93. The molecule has 98 valence electrons. The molecule has 0 spiro atoms. The Bertz CT molecular complexity index is 416. The van der Waals surface area contributed by atoms with Gasteiger partial charge >= 0.3 is 0 Å². The van der Waals surface area contributed by atoms with Crippen LogP contribution in [0.2, 0.25) is 5.15 Å². The highest BCUT2D eigenvalue weighted by Crippen LogP contribution is 2.28. The van der Waals surface area contributed by atoms with Crippen LogP contribution in [0.4, 0.5) is 0 Å². The number of halogens is 1. The standard InChI is InChI=1S/C12H16ClN3O2/c1-12(2-4-18-5-3-12)8-16-11(17)9-6-15-10(13)7-14-9/h6-7H,2-5,8H2,1H3,(H,16,17). The third kappa shape index (κ3) is 3.40. The first kappa shape index (κ1) is 13.2. The number of amides is 1. The lowest BCUT2D eigenvalue weighted by molar-refractivity contribution is 0.0238. The fourth-order valence-electron chi connectivity index (χ4n) is 1.85. The van der Waals surface area contributed by atoms with Crippen LogP contribution in [0, 0.1) is 5.41 Å². The number of rotatable bonds is 3.